The van der Waals surface area contributed by atoms with Crippen molar-refractivity contribution in [1.29, 1.82) is 0 Å². The van der Waals surface area contributed by atoms with Gasteiger partial charge in [0.1, 0.15) is 11.6 Å². The van der Waals surface area contributed by atoms with Gasteiger partial charge in [-0.3, -0.25) is 0 Å². The zero-order chi connectivity index (χ0) is 12.5. The first kappa shape index (κ1) is 12.4. The van der Waals surface area contributed by atoms with Crippen molar-refractivity contribution in [1.82, 2.24) is 0 Å². The fraction of sp³-hybridized carbons (Fsp3) is 0.571. The number of halogens is 1. The van der Waals surface area contributed by atoms with Crippen molar-refractivity contribution >= 4 is 0 Å². The lowest BCUT2D eigenvalue weighted by Gasteiger charge is -2.25. The second-order valence-corrected chi connectivity index (χ2v) is 5.34. The van der Waals surface area contributed by atoms with E-state index in [1.54, 1.807) is 19.9 Å². The van der Waals surface area contributed by atoms with Gasteiger partial charge in [0, 0.05) is 6.07 Å². The van der Waals surface area contributed by atoms with Crippen molar-refractivity contribution in [2.24, 2.45) is 5.92 Å². The molecule has 2 rings (SSSR count). The minimum absolute atomic E-state index is 0.367. The van der Waals surface area contributed by atoms with Crippen LogP contribution in [0.2, 0.25) is 0 Å². The van der Waals surface area contributed by atoms with Gasteiger partial charge in [0.2, 0.25) is 0 Å². The summed E-state index contributed by atoms with van der Waals surface area (Å²) < 4.78 is 19.0. The molecule has 3 heteroatoms. The quantitative estimate of drug-likeness (QED) is 0.872. The summed E-state index contributed by atoms with van der Waals surface area (Å²) in [5.74, 6) is 0.756. The maximum absolute atomic E-state index is 13.4. The molecule has 94 valence electrons. The van der Waals surface area contributed by atoms with E-state index < -0.39 is 5.60 Å². The van der Waals surface area contributed by atoms with E-state index >= 15 is 0 Å². The second kappa shape index (κ2) is 4.65. The van der Waals surface area contributed by atoms with E-state index in [2.05, 4.69) is 0 Å². The highest BCUT2D eigenvalue weighted by Crippen LogP contribution is 2.29. The fourth-order valence-electron chi connectivity index (χ4n) is 1.87. The van der Waals surface area contributed by atoms with Crippen LogP contribution in [0.15, 0.2) is 18.2 Å². The SMILES string of the molecule is CC(C)(O)c1cc(F)cc(OCC2CCC2)c1. The first-order valence-electron chi connectivity index (χ1n) is 6.11. The number of ether oxygens (including phenoxy) is 1. The molecular formula is C14H19FO2. The van der Waals surface area contributed by atoms with E-state index in [0.29, 0.717) is 23.8 Å². The third kappa shape index (κ3) is 3.19. The summed E-state index contributed by atoms with van der Waals surface area (Å²) in [6.45, 7) is 3.92. The molecule has 0 atom stereocenters. The molecule has 0 spiro atoms. The van der Waals surface area contributed by atoms with Crippen molar-refractivity contribution < 1.29 is 14.2 Å². The first-order chi connectivity index (χ1) is 7.95. The minimum Gasteiger partial charge on any atom is -0.493 e. The summed E-state index contributed by atoms with van der Waals surface area (Å²) in [5.41, 5.74) is -0.502. The van der Waals surface area contributed by atoms with Gasteiger partial charge in [-0.1, -0.05) is 6.42 Å². The van der Waals surface area contributed by atoms with Gasteiger partial charge >= 0.3 is 0 Å². The van der Waals surface area contributed by atoms with Crippen molar-refractivity contribution in [3.8, 4) is 5.75 Å². The molecule has 1 saturated carbocycles. The average Bonchev–Trinajstić information content (AvgIpc) is 2.13. The molecule has 1 fully saturated rings. The zero-order valence-corrected chi connectivity index (χ0v) is 10.4. The zero-order valence-electron chi connectivity index (χ0n) is 10.4. The average molecular weight is 238 g/mol. The fourth-order valence-corrected chi connectivity index (χ4v) is 1.87. The monoisotopic (exact) mass is 238 g/mol. The van der Waals surface area contributed by atoms with E-state index in [9.17, 15) is 9.50 Å². The first-order valence-corrected chi connectivity index (χ1v) is 6.11. The number of aliphatic hydroxyl groups is 1. The van der Waals surface area contributed by atoms with Crippen LogP contribution in [0.4, 0.5) is 4.39 Å². The molecule has 0 bridgehead atoms. The molecule has 0 heterocycles. The van der Waals surface area contributed by atoms with Gasteiger partial charge in [-0.05, 0) is 50.3 Å². The van der Waals surface area contributed by atoms with Gasteiger partial charge in [-0.15, -0.1) is 0 Å². The Morgan fingerprint density at radius 2 is 2.06 bits per heavy atom. The Morgan fingerprint density at radius 3 is 2.59 bits per heavy atom. The van der Waals surface area contributed by atoms with Gasteiger partial charge in [0.15, 0.2) is 0 Å². The Kier molecular flexibility index (Phi) is 3.38. The molecule has 0 aromatic heterocycles. The standard InChI is InChI=1S/C14H19FO2/c1-14(2,16)11-6-12(15)8-13(7-11)17-9-10-4-3-5-10/h6-8,10,16H,3-5,9H2,1-2H3. The van der Waals surface area contributed by atoms with E-state index in [-0.39, 0.29) is 5.82 Å². The van der Waals surface area contributed by atoms with Gasteiger partial charge in [0.05, 0.1) is 12.2 Å². The highest BCUT2D eigenvalue weighted by molar-refractivity contribution is 5.32. The Hall–Kier alpha value is -1.09. The molecule has 1 aromatic carbocycles. The van der Waals surface area contributed by atoms with E-state index in [1.807, 2.05) is 0 Å². The molecule has 2 nitrogen and oxygen atoms in total. The van der Waals surface area contributed by atoms with E-state index in [4.69, 9.17) is 4.74 Å². The van der Waals surface area contributed by atoms with Crippen molar-refractivity contribution in [2.45, 2.75) is 38.7 Å². The minimum atomic E-state index is -1.04. The lowest BCUT2D eigenvalue weighted by Crippen LogP contribution is -2.20. The number of hydrogen-bond donors (Lipinski definition) is 1. The topological polar surface area (TPSA) is 29.5 Å². The van der Waals surface area contributed by atoms with Crippen LogP contribution in [-0.2, 0) is 5.60 Å². The molecule has 1 aliphatic rings. The van der Waals surface area contributed by atoms with Crippen LogP contribution in [0.1, 0.15) is 38.7 Å². The lowest BCUT2D eigenvalue weighted by molar-refractivity contribution is 0.0776. The third-order valence-electron chi connectivity index (χ3n) is 3.29. The summed E-state index contributed by atoms with van der Waals surface area (Å²) in [7, 11) is 0. The van der Waals surface area contributed by atoms with Gasteiger partial charge in [0.25, 0.3) is 0 Å². The molecule has 0 aliphatic heterocycles. The van der Waals surface area contributed by atoms with Crippen LogP contribution >= 0.6 is 0 Å². The van der Waals surface area contributed by atoms with Gasteiger partial charge < -0.3 is 9.84 Å². The lowest BCUT2D eigenvalue weighted by atomic mass is 9.86. The molecule has 1 aliphatic carbocycles. The summed E-state index contributed by atoms with van der Waals surface area (Å²) in [4.78, 5) is 0. The van der Waals surface area contributed by atoms with Crippen molar-refractivity contribution in [3.63, 3.8) is 0 Å². The smallest absolute Gasteiger partial charge is 0.127 e. The summed E-state index contributed by atoms with van der Waals surface area (Å²) >= 11 is 0. The van der Waals surface area contributed by atoms with Crippen LogP contribution < -0.4 is 4.74 Å². The summed E-state index contributed by atoms with van der Waals surface area (Å²) in [5, 5.41) is 9.85. The number of hydrogen-bond acceptors (Lipinski definition) is 2. The molecular weight excluding hydrogens is 219 g/mol. The molecule has 1 N–H and O–H groups in total. The van der Waals surface area contributed by atoms with Gasteiger partial charge in [-0.25, -0.2) is 4.39 Å². The van der Waals surface area contributed by atoms with Gasteiger partial charge in [-0.2, -0.15) is 0 Å². The third-order valence-corrected chi connectivity index (χ3v) is 3.29. The van der Waals surface area contributed by atoms with Crippen molar-refractivity contribution in [2.75, 3.05) is 6.61 Å². The Morgan fingerprint density at radius 1 is 1.35 bits per heavy atom. The summed E-state index contributed by atoms with van der Waals surface area (Å²) in [6.07, 6.45) is 3.67. The maximum atomic E-state index is 13.4. The van der Waals surface area contributed by atoms with Crippen molar-refractivity contribution in [3.05, 3.63) is 29.6 Å². The normalized spacial score (nSPS) is 16.7. The Balaban J connectivity index is 2.08. The Bertz CT molecular complexity index is 392. The van der Waals surface area contributed by atoms with E-state index in [0.717, 1.165) is 0 Å². The Labute approximate surface area is 101 Å². The molecule has 1 aromatic rings. The van der Waals surface area contributed by atoms with Crippen LogP contribution in [0.3, 0.4) is 0 Å². The summed E-state index contributed by atoms with van der Waals surface area (Å²) in [6, 6.07) is 4.42. The second-order valence-electron chi connectivity index (χ2n) is 5.34. The largest absolute Gasteiger partial charge is 0.493 e. The predicted octanol–water partition coefficient (Wildman–Crippen LogP) is 3.23. The molecule has 0 saturated heterocycles. The highest BCUT2D eigenvalue weighted by atomic mass is 19.1. The van der Waals surface area contributed by atoms with E-state index in [1.165, 1.54) is 31.4 Å². The molecule has 0 radical (unpaired) electrons. The maximum Gasteiger partial charge on any atom is 0.127 e. The molecule has 0 unspecified atom stereocenters. The number of benzene rings is 1. The molecule has 0 amide bonds. The van der Waals surface area contributed by atoms with Crippen LogP contribution in [-0.4, -0.2) is 11.7 Å². The van der Waals surface area contributed by atoms with Crippen LogP contribution in [0.5, 0.6) is 5.75 Å². The van der Waals surface area contributed by atoms with Crippen LogP contribution in [0, 0.1) is 11.7 Å². The highest BCUT2D eigenvalue weighted by Gasteiger charge is 2.20. The van der Waals surface area contributed by atoms with Crippen LogP contribution in [0.25, 0.3) is 0 Å². The number of rotatable bonds is 4. The molecule has 17 heavy (non-hydrogen) atoms. The predicted molar refractivity (Wildman–Crippen MR) is 64.5 cm³/mol.